The van der Waals surface area contributed by atoms with Crippen molar-refractivity contribution in [2.75, 3.05) is 25.5 Å². The first-order chi connectivity index (χ1) is 12.4. The van der Waals surface area contributed by atoms with E-state index in [1.54, 1.807) is 37.3 Å². The molecule has 0 bridgehead atoms. The molecule has 0 aromatic carbocycles. The van der Waals surface area contributed by atoms with Crippen LogP contribution in [0.5, 0.6) is 0 Å². The SMILES string of the molecule is CN(C)c1nonc1C(=O)N(CC1CCC(F)(F)CC1)N1C=CC=CO1. The van der Waals surface area contributed by atoms with Gasteiger partial charge in [-0.25, -0.2) is 18.4 Å². The number of hydrazine groups is 1. The van der Waals surface area contributed by atoms with Crippen molar-refractivity contribution in [1.29, 1.82) is 0 Å². The summed E-state index contributed by atoms with van der Waals surface area (Å²) in [4.78, 5) is 20.0. The molecule has 0 spiro atoms. The van der Waals surface area contributed by atoms with Gasteiger partial charge in [0.05, 0.1) is 6.20 Å². The van der Waals surface area contributed by atoms with E-state index in [0.717, 1.165) is 0 Å². The molecule has 3 rings (SSSR count). The normalized spacial score (nSPS) is 19.3. The number of halogens is 2. The van der Waals surface area contributed by atoms with Crippen LogP contribution in [0.4, 0.5) is 14.6 Å². The van der Waals surface area contributed by atoms with Crippen LogP contribution in [0, 0.1) is 5.92 Å². The van der Waals surface area contributed by atoms with Crippen LogP contribution in [-0.4, -0.2) is 53.0 Å². The lowest BCUT2D eigenvalue weighted by Gasteiger charge is -2.36. The van der Waals surface area contributed by atoms with E-state index in [1.165, 1.54) is 16.4 Å². The van der Waals surface area contributed by atoms with E-state index in [1.807, 2.05) is 0 Å². The summed E-state index contributed by atoms with van der Waals surface area (Å²) in [6, 6.07) is 0. The predicted molar refractivity (Wildman–Crippen MR) is 87.8 cm³/mol. The molecule has 1 aromatic rings. The van der Waals surface area contributed by atoms with Crippen molar-refractivity contribution in [1.82, 2.24) is 20.5 Å². The van der Waals surface area contributed by atoms with Crippen LogP contribution in [0.1, 0.15) is 36.2 Å². The second-order valence-electron chi connectivity index (χ2n) is 6.60. The van der Waals surface area contributed by atoms with Crippen molar-refractivity contribution in [2.45, 2.75) is 31.6 Å². The number of anilines is 1. The number of hydrogen-bond donors (Lipinski definition) is 0. The molecule has 1 saturated carbocycles. The molecule has 26 heavy (non-hydrogen) atoms. The van der Waals surface area contributed by atoms with Crippen molar-refractivity contribution in [2.24, 2.45) is 5.92 Å². The smallest absolute Gasteiger partial charge is 0.301 e. The molecule has 0 radical (unpaired) electrons. The van der Waals surface area contributed by atoms with Crippen molar-refractivity contribution in [3.8, 4) is 0 Å². The Bertz CT molecular complexity index is 694. The lowest BCUT2D eigenvalue weighted by Crippen LogP contribution is -2.47. The molecule has 1 fully saturated rings. The van der Waals surface area contributed by atoms with Crippen LogP contribution in [0.25, 0.3) is 0 Å². The van der Waals surface area contributed by atoms with E-state index < -0.39 is 11.8 Å². The number of carbonyl (C=O) groups excluding carboxylic acids is 1. The van der Waals surface area contributed by atoms with Crippen molar-refractivity contribution < 1.29 is 23.0 Å². The van der Waals surface area contributed by atoms with E-state index >= 15 is 0 Å². The third kappa shape index (κ3) is 3.94. The summed E-state index contributed by atoms with van der Waals surface area (Å²) < 4.78 is 31.5. The van der Waals surface area contributed by atoms with Crippen LogP contribution in [0.3, 0.4) is 0 Å². The third-order valence-corrected chi connectivity index (χ3v) is 4.41. The fourth-order valence-electron chi connectivity index (χ4n) is 2.95. The molecule has 1 aromatic heterocycles. The highest BCUT2D eigenvalue weighted by molar-refractivity contribution is 5.96. The molecule has 8 nitrogen and oxygen atoms in total. The Kier molecular flexibility index (Phi) is 5.10. The van der Waals surface area contributed by atoms with Gasteiger partial charge in [0, 0.05) is 33.5 Å². The summed E-state index contributed by atoms with van der Waals surface area (Å²) in [6.45, 7) is 0.229. The quantitative estimate of drug-likeness (QED) is 0.790. The Labute approximate surface area is 149 Å². The second kappa shape index (κ2) is 7.30. The van der Waals surface area contributed by atoms with Gasteiger partial charge in [0.25, 0.3) is 0 Å². The summed E-state index contributed by atoms with van der Waals surface area (Å²) in [5, 5.41) is 10.0. The van der Waals surface area contributed by atoms with Gasteiger partial charge in [-0.3, -0.25) is 4.79 Å². The van der Waals surface area contributed by atoms with Crippen molar-refractivity contribution in [3.63, 3.8) is 0 Å². The number of alkyl halides is 2. The minimum Gasteiger partial charge on any atom is -0.367 e. The van der Waals surface area contributed by atoms with Crippen LogP contribution < -0.4 is 4.90 Å². The molecule has 0 saturated heterocycles. The van der Waals surface area contributed by atoms with Crippen molar-refractivity contribution in [3.05, 3.63) is 30.3 Å². The average Bonchev–Trinajstić information content (AvgIpc) is 3.11. The van der Waals surface area contributed by atoms with Gasteiger partial charge in [0.15, 0.2) is 0 Å². The van der Waals surface area contributed by atoms with E-state index in [9.17, 15) is 13.6 Å². The second-order valence-corrected chi connectivity index (χ2v) is 6.60. The number of amides is 1. The number of aromatic nitrogens is 2. The number of carbonyl (C=O) groups is 1. The van der Waals surface area contributed by atoms with Gasteiger partial charge >= 0.3 is 5.91 Å². The predicted octanol–water partition coefficient (Wildman–Crippen LogP) is 2.59. The largest absolute Gasteiger partial charge is 0.367 e. The maximum Gasteiger partial charge on any atom is 0.301 e. The summed E-state index contributed by atoms with van der Waals surface area (Å²) >= 11 is 0. The van der Waals surface area contributed by atoms with Gasteiger partial charge in [-0.05, 0) is 41.2 Å². The number of hydrogen-bond acceptors (Lipinski definition) is 7. The van der Waals surface area contributed by atoms with Gasteiger partial charge in [0.2, 0.25) is 17.4 Å². The first kappa shape index (κ1) is 18.2. The van der Waals surface area contributed by atoms with E-state index in [0.29, 0.717) is 12.8 Å². The molecule has 2 aliphatic rings. The Morgan fingerprint density at radius 1 is 1.31 bits per heavy atom. The average molecular weight is 369 g/mol. The number of rotatable bonds is 5. The first-order valence-corrected chi connectivity index (χ1v) is 8.36. The molecular formula is C16H21F2N5O3. The lowest BCUT2D eigenvalue weighted by molar-refractivity contribution is -0.196. The van der Waals surface area contributed by atoms with E-state index in [-0.39, 0.29) is 36.8 Å². The molecule has 10 heteroatoms. The van der Waals surface area contributed by atoms with E-state index in [2.05, 4.69) is 10.3 Å². The Balaban J connectivity index is 1.79. The highest BCUT2D eigenvalue weighted by Gasteiger charge is 2.38. The van der Waals surface area contributed by atoms with Crippen LogP contribution in [0.15, 0.2) is 29.2 Å². The van der Waals surface area contributed by atoms with Gasteiger partial charge in [-0.1, -0.05) is 0 Å². The molecule has 1 amide bonds. The van der Waals surface area contributed by atoms with E-state index in [4.69, 9.17) is 9.47 Å². The van der Waals surface area contributed by atoms with Gasteiger partial charge in [-0.2, -0.15) is 0 Å². The van der Waals surface area contributed by atoms with Crippen LogP contribution in [0.2, 0.25) is 0 Å². The fourth-order valence-corrected chi connectivity index (χ4v) is 2.95. The molecule has 0 unspecified atom stereocenters. The van der Waals surface area contributed by atoms with Crippen LogP contribution >= 0.6 is 0 Å². The summed E-state index contributed by atoms with van der Waals surface area (Å²) in [6.07, 6.45) is 6.68. The Morgan fingerprint density at radius 3 is 2.65 bits per heavy atom. The number of nitrogens with zero attached hydrogens (tertiary/aromatic N) is 5. The Hall–Kier alpha value is -2.65. The maximum absolute atomic E-state index is 13.4. The molecule has 142 valence electrons. The van der Waals surface area contributed by atoms with Gasteiger partial charge in [0.1, 0.15) is 6.26 Å². The zero-order valence-electron chi connectivity index (χ0n) is 14.6. The molecule has 1 aliphatic heterocycles. The molecule has 2 heterocycles. The molecule has 0 atom stereocenters. The molecular weight excluding hydrogens is 348 g/mol. The highest BCUT2D eigenvalue weighted by atomic mass is 19.3. The maximum atomic E-state index is 13.4. The zero-order valence-corrected chi connectivity index (χ0v) is 14.6. The summed E-state index contributed by atoms with van der Waals surface area (Å²) in [5.74, 6) is -2.88. The minimum atomic E-state index is -2.62. The summed E-state index contributed by atoms with van der Waals surface area (Å²) in [7, 11) is 3.42. The number of hydroxylamine groups is 1. The lowest BCUT2D eigenvalue weighted by atomic mass is 9.86. The third-order valence-electron chi connectivity index (χ3n) is 4.41. The van der Waals surface area contributed by atoms with Crippen molar-refractivity contribution >= 4 is 11.7 Å². The Morgan fingerprint density at radius 2 is 2.04 bits per heavy atom. The topological polar surface area (TPSA) is 74.9 Å². The zero-order chi connectivity index (χ0) is 18.7. The standard InChI is InChI=1S/C16H21F2N5O3/c1-21(2)14-13(19-26-20-14)15(24)22(23-9-3-4-10-25-23)11-12-5-7-16(17,18)8-6-12/h3-4,9-10,12H,5-8,11H2,1-2H3. The fraction of sp³-hybridized carbons (Fsp3) is 0.562. The monoisotopic (exact) mass is 369 g/mol. The molecule has 0 N–H and O–H groups in total. The minimum absolute atomic E-state index is 0.0303. The van der Waals surface area contributed by atoms with Crippen LogP contribution in [-0.2, 0) is 4.84 Å². The van der Waals surface area contributed by atoms with Gasteiger partial charge < -0.3 is 9.74 Å². The number of allylic oxidation sites excluding steroid dienone is 2. The summed E-state index contributed by atoms with van der Waals surface area (Å²) in [5.41, 5.74) is 0.0303. The molecule has 1 aliphatic carbocycles. The first-order valence-electron chi connectivity index (χ1n) is 8.36. The van der Waals surface area contributed by atoms with Gasteiger partial charge in [-0.15, -0.1) is 5.17 Å². The highest BCUT2D eigenvalue weighted by Crippen LogP contribution is 2.36.